The summed E-state index contributed by atoms with van der Waals surface area (Å²) in [4.78, 5) is 6.94. The molecular formula is C20H21ClN2O2S2. The van der Waals surface area contributed by atoms with Gasteiger partial charge in [-0.25, -0.2) is 8.42 Å². The highest BCUT2D eigenvalue weighted by molar-refractivity contribution is 8.15. The van der Waals surface area contributed by atoms with E-state index >= 15 is 0 Å². The van der Waals surface area contributed by atoms with Crippen LogP contribution in [-0.2, 0) is 16.4 Å². The summed E-state index contributed by atoms with van der Waals surface area (Å²) in [5, 5.41) is 1.62. The lowest BCUT2D eigenvalue weighted by molar-refractivity contribution is 0.601. The van der Waals surface area contributed by atoms with Crippen LogP contribution >= 0.6 is 23.4 Å². The van der Waals surface area contributed by atoms with Gasteiger partial charge < -0.3 is 4.90 Å². The van der Waals surface area contributed by atoms with Crippen molar-refractivity contribution < 1.29 is 8.42 Å². The van der Waals surface area contributed by atoms with Gasteiger partial charge in [0.15, 0.2) is 15.0 Å². The minimum absolute atomic E-state index is 0.0188. The van der Waals surface area contributed by atoms with E-state index in [-0.39, 0.29) is 22.8 Å². The van der Waals surface area contributed by atoms with Gasteiger partial charge in [0.1, 0.15) is 0 Å². The predicted octanol–water partition coefficient (Wildman–Crippen LogP) is 4.23. The van der Waals surface area contributed by atoms with Gasteiger partial charge in [0.05, 0.1) is 24.1 Å². The second-order valence-corrected chi connectivity index (χ2v) is 10.9. The Bertz CT molecular complexity index is 1020. The molecule has 2 aromatic rings. The molecule has 2 atom stereocenters. The van der Waals surface area contributed by atoms with Crippen molar-refractivity contribution in [2.75, 3.05) is 16.4 Å². The second-order valence-electron chi connectivity index (χ2n) is 7.16. The Labute approximate surface area is 169 Å². The van der Waals surface area contributed by atoms with Crippen LogP contribution in [0, 0.1) is 13.8 Å². The Hall–Kier alpha value is -1.50. The zero-order valence-corrected chi connectivity index (χ0v) is 17.6. The van der Waals surface area contributed by atoms with E-state index in [0.29, 0.717) is 6.54 Å². The molecule has 2 aliphatic rings. The number of halogens is 1. The first-order valence-corrected chi connectivity index (χ1v) is 11.9. The van der Waals surface area contributed by atoms with Gasteiger partial charge in [-0.05, 0) is 48.7 Å². The molecule has 27 heavy (non-hydrogen) atoms. The molecule has 1 saturated heterocycles. The number of aryl methyl sites for hydroxylation is 2. The molecule has 142 valence electrons. The van der Waals surface area contributed by atoms with Crippen LogP contribution in [0.1, 0.15) is 16.7 Å². The maximum atomic E-state index is 11.9. The highest BCUT2D eigenvalue weighted by atomic mass is 35.5. The van der Waals surface area contributed by atoms with Crippen molar-refractivity contribution >= 4 is 44.1 Å². The van der Waals surface area contributed by atoms with Gasteiger partial charge >= 0.3 is 0 Å². The molecule has 2 aliphatic heterocycles. The summed E-state index contributed by atoms with van der Waals surface area (Å²) in [5.41, 5.74) is 4.51. The minimum atomic E-state index is -2.96. The zero-order chi connectivity index (χ0) is 19.2. The molecule has 0 amide bonds. The number of thioether (sulfide) groups is 1. The van der Waals surface area contributed by atoms with Gasteiger partial charge in [-0.1, -0.05) is 47.6 Å². The Morgan fingerprint density at radius 2 is 1.93 bits per heavy atom. The summed E-state index contributed by atoms with van der Waals surface area (Å²) < 4.78 is 23.8. The standard InChI is InChI=1S/C20H21ClN2O2S2/c1-13-7-8-16(9-14(13)2)23(10-15-5-3-4-6-17(15)21)20-22-18-11-27(24,25)12-19(18)26-20/h3-9,18-19H,10-12H2,1-2H3/t18-,19+/m1/s1. The minimum Gasteiger partial charge on any atom is -0.317 e. The van der Waals surface area contributed by atoms with Crippen LogP contribution in [0.5, 0.6) is 0 Å². The van der Waals surface area contributed by atoms with Crippen molar-refractivity contribution in [3.63, 3.8) is 0 Å². The quantitative estimate of drug-likeness (QED) is 0.745. The highest BCUT2D eigenvalue weighted by Crippen LogP contribution is 2.38. The van der Waals surface area contributed by atoms with E-state index in [0.717, 1.165) is 21.4 Å². The molecule has 4 nitrogen and oxygen atoms in total. The number of amidine groups is 1. The number of hydrogen-bond donors (Lipinski definition) is 0. The monoisotopic (exact) mass is 420 g/mol. The van der Waals surface area contributed by atoms with E-state index in [1.54, 1.807) is 11.8 Å². The van der Waals surface area contributed by atoms with E-state index in [9.17, 15) is 8.42 Å². The zero-order valence-electron chi connectivity index (χ0n) is 15.2. The number of anilines is 1. The largest absolute Gasteiger partial charge is 0.317 e. The number of nitrogens with zero attached hydrogens (tertiary/aromatic N) is 2. The van der Waals surface area contributed by atoms with Gasteiger partial charge in [0, 0.05) is 16.0 Å². The van der Waals surface area contributed by atoms with Gasteiger partial charge in [0.2, 0.25) is 0 Å². The van der Waals surface area contributed by atoms with Crippen molar-refractivity contribution in [3.8, 4) is 0 Å². The first-order chi connectivity index (χ1) is 12.8. The molecule has 7 heteroatoms. The molecule has 0 unspecified atom stereocenters. The molecule has 0 N–H and O–H groups in total. The first kappa shape index (κ1) is 18.8. The number of aliphatic imine (C=N–C) groups is 1. The van der Waals surface area contributed by atoms with Crippen molar-refractivity contribution in [2.24, 2.45) is 4.99 Å². The van der Waals surface area contributed by atoms with Crippen LogP contribution in [0.15, 0.2) is 47.5 Å². The van der Waals surface area contributed by atoms with Gasteiger partial charge in [-0.2, -0.15) is 0 Å². The number of benzene rings is 2. The normalized spacial score (nSPS) is 23.1. The lowest BCUT2D eigenvalue weighted by Gasteiger charge is -2.26. The van der Waals surface area contributed by atoms with Crippen molar-refractivity contribution in [1.29, 1.82) is 0 Å². The summed E-state index contributed by atoms with van der Waals surface area (Å²) in [6.45, 7) is 4.78. The average Bonchev–Trinajstić information content (AvgIpc) is 3.10. The number of fused-ring (bicyclic) bond motifs is 1. The van der Waals surface area contributed by atoms with E-state index in [1.165, 1.54) is 11.1 Å². The summed E-state index contributed by atoms with van der Waals surface area (Å²) in [5.74, 6) is 0.364. The van der Waals surface area contributed by atoms with Crippen LogP contribution in [0.2, 0.25) is 5.02 Å². The number of rotatable bonds is 3. The lowest BCUT2D eigenvalue weighted by atomic mass is 10.1. The summed E-state index contributed by atoms with van der Waals surface area (Å²) >= 11 is 7.97. The maximum absolute atomic E-state index is 11.9. The summed E-state index contributed by atoms with van der Waals surface area (Å²) in [6, 6.07) is 14.0. The fraction of sp³-hybridized carbons (Fsp3) is 0.350. The highest BCUT2D eigenvalue weighted by Gasteiger charge is 2.44. The van der Waals surface area contributed by atoms with E-state index in [1.807, 2.05) is 24.3 Å². The van der Waals surface area contributed by atoms with Crippen LogP contribution in [0.4, 0.5) is 5.69 Å². The molecule has 4 rings (SSSR count). The molecule has 0 spiro atoms. The SMILES string of the molecule is Cc1ccc(N(Cc2ccccc2Cl)C2=N[C@@H]3CS(=O)(=O)C[C@@H]3S2)cc1C. The van der Waals surface area contributed by atoms with Gasteiger partial charge in [-0.15, -0.1) is 0 Å². The van der Waals surface area contributed by atoms with E-state index in [4.69, 9.17) is 16.6 Å². The molecule has 0 radical (unpaired) electrons. The predicted molar refractivity (Wildman–Crippen MR) is 115 cm³/mol. The Morgan fingerprint density at radius 1 is 1.15 bits per heavy atom. The summed E-state index contributed by atoms with van der Waals surface area (Å²) in [6.07, 6.45) is 0. The third-order valence-corrected chi connectivity index (χ3v) is 8.74. The smallest absolute Gasteiger partial charge is 0.164 e. The summed E-state index contributed by atoms with van der Waals surface area (Å²) in [7, 11) is -2.96. The Morgan fingerprint density at radius 3 is 2.63 bits per heavy atom. The number of hydrogen-bond acceptors (Lipinski definition) is 5. The molecule has 0 bridgehead atoms. The molecule has 2 aromatic carbocycles. The molecule has 0 aromatic heterocycles. The fourth-order valence-electron chi connectivity index (χ4n) is 3.43. The molecule has 0 aliphatic carbocycles. The third kappa shape index (κ3) is 3.89. The maximum Gasteiger partial charge on any atom is 0.164 e. The molecule has 2 heterocycles. The lowest BCUT2D eigenvalue weighted by Crippen LogP contribution is -2.28. The van der Waals surface area contributed by atoms with Crippen molar-refractivity contribution in [3.05, 3.63) is 64.2 Å². The molecular weight excluding hydrogens is 400 g/mol. The Balaban J connectivity index is 1.70. The first-order valence-electron chi connectivity index (χ1n) is 8.85. The van der Waals surface area contributed by atoms with Crippen LogP contribution in [0.25, 0.3) is 0 Å². The van der Waals surface area contributed by atoms with Gasteiger partial charge in [-0.3, -0.25) is 4.99 Å². The molecule has 1 fully saturated rings. The number of sulfone groups is 1. The molecule has 0 saturated carbocycles. The third-order valence-electron chi connectivity index (χ3n) is 5.12. The topological polar surface area (TPSA) is 49.7 Å². The van der Waals surface area contributed by atoms with Crippen LogP contribution in [0.3, 0.4) is 0 Å². The van der Waals surface area contributed by atoms with E-state index < -0.39 is 9.84 Å². The second kappa shape index (κ2) is 7.15. The van der Waals surface area contributed by atoms with Crippen LogP contribution in [-0.4, -0.2) is 36.4 Å². The Kier molecular flexibility index (Phi) is 4.99. The van der Waals surface area contributed by atoms with Crippen molar-refractivity contribution in [1.82, 2.24) is 0 Å². The fourth-order valence-corrected chi connectivity index (χ4v) is 7.41. The van der Waals surface area contributed by atoms with Crippen LogP contribution < -0.4 is 4.90 Å². The average molecular weight is 421 g/mol. The van der Waals surface area contributed by atoms with Gasteiger partial charge in [0.25, 0.3) is 0 Å². The van der Waals surface area contributed by atoms with E-state index in [2.05, 4.69) is 36.9 Å². The van der Waals surface area contributed by atoms with Crippen molar-refractivity contribution in [2.45, 2.75) is 31.7 Å².